The van der Waals surface area contributed by atoms with Gasteiger partial charge in [-0.1, -0.05) is 55.3 Å². The van der Waals surface area contributed by atoms with Gasteiger partial charge in [-0.25, -0.2) is 4.99 Å². The molecule has 28 heavy (non-hydrogen) atoms. The second-order valence-corrected chi connectivity index (χ2v) is 7.18. The highest BCUT2D eigenvalue weighted by Crippen LogP contribution is 2.08. The number of guanidine groups is 1. The minimum absolute atomic E-state index is 0.0109. The number of unbranched alkanes of at least 4 members (excludes halogenated alkanes) is 1. The van der Waals surface area contributed by atoms with E-state index in [1.165, 1.54) is 11.1 Å². The maximum atomic E-state index is 12.0. The topological polar surface area (TPSA) is 56.7 Å². The number of aliphatic imine (C=N–C) groups is 1. The van der Waals surface area contributed by atoms with Crippen molar-refractivity contribution in [2.24, 2.45) is 4.99 Å². The Labute approximate surface area is 168 Å². The molecule has 1 amide bonds. The molecule has 0 aliphatic heterocycles. The first-order valence-corrected chi connectivity index (χ1v) is 9.88. The Morgan fingerprint density at radius 2 is 1.61 bits per heavy atom. The second kappa shape index (κ2) is 11.1. The van der Waals surface area contributed by atoms with Crippen LogP contribution in [0, 0.1) is 6.92 Å². The summed E-state index contributed by atoms with van der Waals surface area (Å²) in [5, 5.41) is 6.80. The van der Waals surface area contributed by atoms with Crippen molar-refractivity contribution in [3.8, 4) is 0 Å². The quantitative estimate of drug-likeness (QED) is 0.417. The molecule has 5 nitrogen and oxygen atoms in total. The van der Waals surface area contributed by atoms with Crippen LogP contribution in [0.4, 0.5) is 0 Å². The Morgan fingerprint density at radius 1 is 0.964 bits per heavy atom. The number of aryl methyl sites for hydroxylation is 1. The lowest BCUT2D eigenvalue weighted by Gasteiger charge is -2.13. The highest BCUT2D eigenvalue weighted by atomic mass is 16.2. The maximum Gasteiger partial charge on any atom is 0.253 e. The van der Waals surface area contributed by atoms with Crippen LogP contribution in [0.5, 0.6) is 0 Å². The number of hydrogen-bond donors (Lipinski definition) is 2. The summed E-state index contributed by atoms with van der Waals surface area (Å²) >= 11 is 0. The van der Waals surface area contributed by atoms with Gasteiger partial charge in [0.2, 0.25) is 0 Å². The lowest BCUT2D eigenvalue weighted by molar-refractivity contribution is 0.0827. The van der Waals surface area contributed by atoms with Crippen LogP contribution in [0.1, 0.15) is 46.8 Å². The third-order valence-electron chi connectivity index (χ3n) is 4.43. The van der Waals surface area contributed by atoms with E-state index in [1.807, 2.05) is 24.3 Å². The van der Waals surface area contributed by atoms with Gasteiger partial charge in [-0.2, -0.15) is 0 Å². The van der Waals surface area contributed by atoms with Gasteiger partial charge in [0.05, 0.1) is 6.54 Å². The standard InChI is InChI=1S/C23H32N4O/c1-5-6-15-24-23(25-16-19-9-7-18(2)8-10-19)26-17-20-11-13-21(14-12-20)22(28)27(3)4/h7-14H,5-6,15-17H2,1-4H3,(H2,24,25,26). The molecule has 0 aliphatic rings. The van der Waals surface area contributed by atoms with Gasteiger partial charge in [0.1, 0.15) is 0 Å². The van der Waals surface area contributed by atoms with Crippen molar-refractivity contribution in [3.63, 3.8) is 0 Å². The SMILES string of the molecule is CCCCNC(=NCc1ccc(C(=O)N(C)C)cc1)NCc1ccc(C)cc1. The molecule has 0 radical (unpaired) electrons. The van der Waals surface area contributed by atoms with Gasteiger partial charge in [0, 0.05) is 32.7 Å². The number of rotatable bonds is 8. The largest absolute Gasteiger partial charge is 0.356 e. The Bertz CT molecular complexity index is 764. The van der Waals surface area contributed by atoms with Crippen molar-refractivity contribution >= 4 is 11.9 Å². The molecular weight excluding hydrogens is 348 g/mol. The van der Waals surface area contributed by atoms with Crippen LogP contribution in [0.3, 0.4) is 0 Å². The van der Waals surface area contributed by atoms with E-state index in [4.69, 9.17) is 4.99 Å². The van der Waals surface area contributed by atoms with Crippen molar-refractivity contribution in [2.45, 2.75) is 39.8 Å². The van der Waals surface area contributed by atoms with Crippen LogP contribution in [-0.2, 0) is 13.1 Å². The van der Waals surface area contributed by atoms with Gasteiger partial charge in [-0.15, -0.1) is 0 Å². The first-order valence-electron chi connectivity index (χ1n) is 9.88. The molecule has 2 aromatic carbocycles. The minimum atomic E-state index is 0.0109. The van der Waals surface area contributed by atoms with Crippen molar-refractivity contribution in [1.82, 2.24) is 15.5 Å². The van der Waals surface area contributed by atoms with Crippen molar-refractivity contribution < 1.29 is 4.79 Å². The van der Waals surface area contributed by atoms with E-state index in [0.717, 1.165) is 37.5 Å². The Kier molecular flexibility index (Phi) is 8.53. The van der Waals surface area contributed by atoms with E-state index in [-0.39, 0.29) is 5.91 Å². The number of carbonyl (C=O) groups is 1. The van der Waals surface area contributed by atoms with Gasteiger partial charge >= 0.3 is 0 Å². The summed E-state index contributed by atoms with van der Waals surface area (Å²) in [5.41, 5.74) is 4.25. The molecule has 0 aromatic heterocycles. The Balaban J connectivity index is 1.99. The third-order valence-corrected chi connectivity index (χ3v) is 4.43. The summed E-state index contributed by atoms with van der Waals surface area (Å²) in [6.07, 6.45) is 2.24. The van der Waals surface area contributed by atoms with Crippen molar-refractivity contribution in [3.05, 3.63) is 70.8 Å². The normalized spacial score (nSPS) is 11.2. The lowest BCUT2D eigenvalue weighted by Crippen LogP contribution is -2.37. The number of benzene rings is 2. The first-order chi connectivity index (χ1) is 13.5. The van der Waals surface area contributed by atoms with Crippen molar-refractivity contribution in [1.29, 1.82) is 0 Å². The van der Waals surface area contributed by atoms with E-state index >= 15 is 0 Å². The minimum Gasteiger partial charge on any atom is -0.356 e. The second-order valence-electron chi connectivity index (χ2n) is 7.18. The van der Waals surface area contributed by atoms with Crippen LogP contribution in [0.15, 0.2) is 53.5 Å². The Hall–Kier alpha value is -2.82. The van der Waals surface area contributed by atoms with Crippen LogP contribution in [-0.4, -0.2) is 37.4 Å². The van der Waals surface area contributed by atoms with Gasteiger partial charge in [-0.05, 0) is 36.6 Å². The van der Waals surface area contributed by atoms with Crippen LogP contribution in [0.2, 0.25) is 0 Å². The van der Waals surface area contributed by atoms with Crippen molar-refractivity contribution in [2.75, 3.05) is 20.6 Å². The van der Waals surface area contributed by atoms with Crippen LogP contribution >= 0.6 is 0 Å². The van der Waals surface area contributed by atoms with E-state index in [9.17, 15) is 4.79 Å². The number of carbonyl (C=O) groups excluding carboxylic acids is 1. The number of nitrogens with zero attached hydrogens (tertiary/aromatic N) is 2. The molecule has 0 fully saturated rings. The number of hydrogen-bond acceptors (Lipinski definition) is 2. The molecule has 0 aliphatic carbocycles. The maximum absolute atomic E-state index is 12.0. The number of nitrogens with one attached hydrogen (secondary N) is 2. The van der Waals surface area contributed by atoms with E-state index < -0.39 is 0 Å². The molecule has 2 N–H and O–H groups in total. The predicted octanol–water partition coefficient (Wildman–Crippen LogP) is 3.73. The molecule has 0 saturated heterocycles. The van der Waals surface area contributed by atoms with Gasteiger partial charge in [0.15, 0.2) is 5.96 Å². The predicted molar refractivity (Wildman–Crippen MR) is 117 cm³/mol. The molecule has 150 valence electrons. The fourth-order valence-electron chi connectivity index (χ4n) is 2.63. The summed E-state index contributed by atoms with van der Waals surface area (Å²) in [4.78, 5) is 18.3. The molecule has 2 rings (SSSR count). The summed E-state index contributed by atoms with van der Waals surface area (Å²) in [6, 6.07) is 16.1. The molecule has 0 unspecified atom stereocenters. The average molecular weight is 381 g/mol. The number of amides is 1. The van der Waals surface area contributed by atoms with E-state index in [1.54, 1.807) is 19.0 Å². The summed E-state index contributed by atoms with van der Waals surface area (Å²) in [6.45, 7) is 6.45. The molecule has 5 heteroatoms. The molecule has 0 spiro atoms. The van der Waals surface area contributed by atoms with E-state index in [2.05, 4.69) is 48.7 Å². The lowest BCUT2D eigenvalue weighted by atomic mass is 10.1. The molecular formula is C23H32N4O. The zero-order valence-electron chi connectivity index (χ0n) is 17.5. The van der Waals surface area contributed by atoms with Gasteiger partial charge < -0.3 is 15.5 Å². The molecule has 0 saturated carbocycles. The van der Waals surface area contributed by atoms with E-state index in [0.29, 0.717) is 12.1 Å². The molecule has 2 aromatic rings. The van der Waals surface area contributed by atoms with Crippen LogP contribution < -0.4 is 10.6 Å². The molecule has 0 heterocycles. The fourth-order valence-corrected chi connectivity index (χ4v) is 2.63. The summed E-state index contributed by atoms with van der Waals surface area (Å²) < 4.78 is 0. The third kappa shape index (κ3) is 7.06. The highest BCUT2D eigenvalue weighted by Gasteiger charge is 2.07. The monoisotopic (exact) mass is 380 g/mol. The zero-order chi connectivity index (χ0) is 20.4. The zero-order valence-corrected chi connectivity index (χ0v) is 17.5. The average Bonchev–Trinajstić information content (AvgIpc) is 2.70. The molecule has 0 bridgehead atoms. The summed E-state index contributed by atoms with van der Waals surface area (Å²) in [5.74, 6) is 0.819. The first kappa shape index (κ1) is 21.5. The molecule has 0 atom stereocenters. The van der Waals surface area contributed by atoms with Gasteiger partial charge in [-0.3, -0.25) is 4.79 Å². The highest BCUT2D eigenvalue weighted by molar-refractivity contribution is 5.93. The van der Waals surface area contributed by atoms with Crippen LogP contribution in [0.25, 0.3) is 0 Å². The fraction of sp³-hybridized carbons (Fsp3) is 0.391. The summed E-state index contributed by atoms with van der Waals surface area (Å²) in [7, 11) is 3.52. The Morgan fingerprint density at radius 3 is 2.21 bits per heavy atom. The van der Waals surface area contributed by atoms with Gasteiger partial charge in [0.25, 0.3) is 5.91 Å². The smallest absolute Gasteiger partial charge is 0.253 e.